The molecule has 0 saturated heterocycles. The van der Waals surface area contributed by atoms with Crippen molar-refractivity contribution in [3.63, 3.8) is 0 Å². The maximum absolute atomic E-state index is 5.79. The summed E-state index contributed by atoms with van der Waals surface area (Å²) in [6.07, 6.45) is 0. The smallest absolute Gasteiger partial charge is 0.0446 e. The molecule has 1 aromatic heterocycles. The summed E-state index contributed by atoms with van der Waals surface area (Å²) < 4.78 is 0. The molecule has 0 aromatic carbocycles. The van der Waals surface area contributed by atoms with Gasteiger partial charge in [0, 0.05) is 10.9 Å². The minimum absolute atomic E-state index is 0.198. The van der Waals surface area contributed by atoms with Crippen LogP contribution in [0.5, 0.6) is 0 Å². The van der Waals surface area contributed by atoms with Gasteiger partial charge in [0.1, 0.15) is 0 Å². The van der Waals surface area contributed by atoms with Gasteiger partial charge in [-0.1, -0.05) is 0 Å². The minimum Gasteiger partial charge on any atom is -0.322 e. The highest BCUT2D eigenvalue weighted by molar-refractivity contribution is 7.07. The molecular weight excluding hydrogens is 130 g/mol. The van der Waals surface area contributed by atoms with Gasteiger partial charge in [0.15, 0.2) is 0 Å². The van der Waals surface area contributed by atoms with Gasteiger partial charge in [-0.2, -0.15) is 0 Å². The van der Waals surface area contributed by atoms with Gasteiger partial charge in [0.05, 0.1) is 0 Å². The number of rotatable bonds is 1. The van der Waals surface area contributed by atoms with Crippen LogP contribution in [0.25, 0.3) is 0 Å². The molecule has 0 unspecified atom stereocenters. The molecule has 0 aliphatic heterocycles. The van der Waals surface area contributed by atoms with Crippen LogP contribution in [0.2, 0.25) is 0 Å². The van der Waals surface area contributed by atoms with E-state index in [0.29, 0.717) is 0 Å². The highest BCUT2D eigenvalue weighted by Crippen LogP contribution is 2.18. The van der Waals surface area contributed by atoms with Crippen molar-refractivity contribution in [1.82, 2.24) is 0 Å². The van der Waals surface area contributed by atoms with Crippen molar-refractivity contribution in [1.29, 1.82) is 0 Å². The van der Waals surface area contributed by atoms with E-state index in [-0.39, 0.29) is 5.54 Å². The molecule has 49 valence electrons. The van der Waals surface area contributed by atoms with E-state index in [0.717, 1.165) is 5.56 Å². The lowest BCUT2D eigenvalue weighted by Gasteiger charge is -2.15. The first kappa shape index (κ1) is 6.78. The lowest BCUT2D eigenvalue weighted by molar-refractivity contribution is 0.556. The van der Waals surface area contributed by atoms with Crippen molar-refractivity contribution in [3.8, 4) is 0 Å². The molecule has 0 atom stereocenters. The van der Waals surface area contributed by atoms with Crippen molar-refractivity contribution in [2.45, 2.75) is 19.4 Å². The van der Waals surface area contributed by atoms with E-state index in [1.54, 1.807) is 11.3 Å². The summed E-state index contributed by atoms with van der Waals surface area (Å²) in [5.74, 6) is 0. The lowest BCUT2D eigenvalue weighted by Crippen LogP contribution is -2.27. The average molecular weight is 140 g/mol. The summed E-state index contributed by atoms with van der Waals surface area (Å²) in [7, 11) is 0. The van der Waals surface area contributed by atoms with Gasteiger partial charge in [-0.05, 0) is 30.9 Å². The molecule has 1 rings (SSSR count). The SMILES string of the molecule is CC(C)(N)c1c[c]sc1. The Balaban J connectivity index is 2.90. The number of thiophene rings is 1. The monoisotopic (exact) mass is 140 g/mol. The normalized spacial score (nSPS) is 11.9. The maximum Gasteiger partial charge on any atom is 0.0446 e. The zero-order valence-electron chi connectivity index (χ0n) is 5.64. The predicted octanol–water partition coefficient (Wildman–Crippen LogP) is 1.74. The molecule has 1 nitrogen and oxygen atoms in total. The summed E-state index contributed by atoms with van der Waals surface area (Å²) in [5.41, 5.74) is 6.75. The van der Waals surface area contributed by atoms with E-state index >= 15 is 0 Å². The molecule has 2 N–H and O–H groups in total. The fourth-order valence-corrected chi connectivity index (χ4v) is 1.33. The third-order valence-electron chi connectivity index (χ3n) is 1.21. The van der Waals surface area contributed by atoms with Crippen molar-refractivity contribution in [3.05, 3.63) is 22.4 Å². The van der Waals surface area contributed by atoms with Crippen LogP contribution >= 0.6 is 11.3 Å². The van der Waals surface area contributed by atoms with Gasteiger partial charge >= 0.3 is 0 Å². The van der Waals surface area contributed by atoms with Crippen LogP contribution in [0, 0.1) is 5.38 Å². The van der Waals surface area contributed by atoms with Crippen LogP contribution < -0.4 is 5.73 Å². The highest BCUT2D eigenvalue weighted by atomic mass is 32.1. The molecule has 0 aliphatic carbocycles. The zero-order valence-corrected chi connectivity index (χ0v) is 6.46. The average Bonchev–Trinajstić information content (AvgIpc) is 2.08. The van der Waals surface area contributed by atoms with Gasteiger partial charge in [-0.25, -0.2) is 0 Å². The molecular formula is C7H10NS. The largest absolute Gasteiger partial charge is 0.322 e. The van der Waals surface area contributed by atoms with Crippen LogP contribution in [0.15, 0.2) is 11.4 Å². The van der Waals surface area contributed by atoms with E-state index in [1.165, 1.54) is 0 Å². The Morgan fingerprint density at radius 2 is 2.33 bits per heavy atom. The molecule has 0 spiro atoms. The first-order chi connectivity index (χ1) is 4.11. The first-order valence-corrected chi connectivity index (χ1v) is 3.72. The Morgan fingerprint density at radius 3 is 2.56 bits per heavy atom. The van der Waals surface area contributed by atoms with E-state index in [4.69, 9.17) is 5.73 Å². The van der Waals surface area contributed by atoms with Gasteiger partial charge in [-0.3, -0.25) is 0 Å². The van der Waals surface area contributed by atoms with Crippen LogP contribution in [0.4, 0.5) is 0 Å². The van der Waals surface area contributed by atoms with Gasteiger partial charge in [0.2, 0.25) is 0 Å². The standard InChI is InChI=1S/C7H10NS/c1-7(2,8)6-3-4-9-5-6/h3,5H,8H2,1-2H3. The van der Waals surface area contributed by atoms with Crippen LogP contribution in [-0.2, 0) is 5.54 Å². The molecule has 1 radical (unpaired) electrons. The highest BCUT2D eigenvalue weighted by Gasteiger charge is 2.13. The molecule has 2 heteroatoms. The number of hydrogen-bond donors (Lipinski definition) is 1. The Morgan fingerprint density at radius 1 is 1.67 bits per heavy atom. The maximum atomic E-state index is 5.79. The summed E-state index contributed by atoms with van der Waals surface area (Å²) in [6.45, 7) is 3.98. The molecule has 0 amide bonds. The lowest BCUT2D eigenvalue weighted by atomic mass is 10.00. The zero-order chi connectivity index (χ0) is 6.91. The molecule has 0 aliphatic rings. The topological polar surface area (TPSA) is 26.0 Å². The van der Waals surface area contributed by atoms with E-state index in [9.17, 15) is 0 Å². The molecule has 0 saturated carbocycles. The second-order valence-electron chi connectivity index (χ2n) is 2.67. The Labute approximate surface area is 59.5 Å². The third-order valence-corrected chi connectivity index (χ3v) is 1.84. The number of nitrogens with two attached hydrogens (primary N) is 1. The molecule has 0 fully saturated rings. The fourth-order valence-electron chi connectivity index (χ4n) is 0.567. The molecule has 1 aromatic rings. The Kier molecular flexibility index (Phi) is 1.60. The van der Waals surface area contributed by atoms with Gasteiger partial charge < -0.3 is 5.73 Å². The third kappa shape index (κ3) is 1.53. The van der Waals surface area contributed by atoms with Crippen molar-refractivity contribution < 1.29 is 0 Å². The number of hydrogen-bond acceptors (Lipinski definition) is 2. The molecule has 0 bridgehead atoms. The second kappa shape index (κ2) is 2.12. The fraction of sp³-hybridized carbons (Fsp3) is 0.429. The van der Waals surface area contributed by atoms with Crippen molar-refractivity contribution >= 4 is 11.3 Å². The first-order valence-electron chi connectivity index (χ1n) is 2.84. The Bertz CT molecular complexity index is 171. The Hall–Kier alpha value is -0.340. The summed E-state index contributed by atoms with van der Waals surface area (Å²) in [4.78, 5) is 0. The second-order valence-corrected chi connectivity index (χ2v) is 3.38. The van der Waals surface area contributed by atoms with Gasteiger partial charge in [-0.15, -0.1) is 11.3 Å². The van der Waals surface area contributed by atoms with Crippen molar-refractivity contribution in [2.24, 2.45) is 5.73 Å². The van der Waals surface area contributed by atoms with E-state index in [1.807, 2.05) is 25.3 Å². The molecule has 9 heavy (non-hydrogen) atoms. The van der Waals surface area contributed by atoms with Crippen LogP contribution in [0.3, 0.4) is 0 Å². The quantitative estimate of drug-likeness (QED) is 0.631. The van der Waals surface area contributed by atoms with Crippen molar-refractivity contribution in [2.75, 3.05) is 0 Å². The van der Waals surface area contributed by atoms with Crippen LogP contribution in [0.1, 0.15) is 19.4 Å². The summed E-state index contributed by atoms with van der Waals surface area (Å²) >= 11 is 1.56. The predicted molar refractivity (Wildman–Crippen MR) is 40.4 cm³/mol. The minimum atomic E-state index is -0.198. The van der Waals surface area contributed by atoms with Gasteiger partial charge in [0.25, 0.3) is 0 Å². The summed E-state index contributed by atoms with van der Waals surface area (Å²) in [6, 6.07) is 1.94. The summed E-state index contributed by atoms with van der Waals surface area (Å²) in [5, 5.41) is 5.03. The van der Waals surface area contributed by atoms with E-state index < -0.39 is 0 Å². The van der Waals surface area contributed by atoms with Crippen LogP contribution in [-0.4, -0.2) is 0 Å². The molecule has 1 heterocycles. The van der Waals surface area contributed by atoms with E-state index in [2.05, 4.69) is 5.38 Å².